The Labute approximate surface area is 216 Å². The van der Waals surface area contributed by atoms with Crippen LogP contribution in [0.25, 0.3) is 38.8 Å². The van der Waals surface area contributed by atoms with Crippen molar-refractivity contribution < 1.29 is 9.47 Å². The minimum Gasteiger partial charge on any atom is -0.493 e. The zero-order chi connectivity index (χ0) is 22.4. The normalized spacial score (nSPS) is 12.5. The van der Waals surface area contributed by atoms with Crippen LogP contribution in [0.5, 0.6) is 11.5 Å². The van der Waals surface area contributed by atoms with E-state index >= 15 is 0 Å². The lowest BCUT2D eigenvalue weighted by Crippen LogP contribution is -2.23. The van der Waals surface area contributed by atoms with E-state index in [1.54, 1.807) is 14.2 Å². The van der Waals surface area contributed by atoms with Gasteiger partial charge in [-0.25, -0.2) is 4.68 Å². The number of rotatable bonds is 4. The minimum absolute atomic E-state index is 0. The van der Waals surface area contributed by atoms with Crippen LogP contribution in [-0.2, 0) is 13.0 Å². The van der Waals surface area contributed by atoms with Crippen LogP contribution >= 0.6 is 24.8 Å². The molecule has 1 N–H and O–H groups in total. The predicted octanol–water partition coefficient (Wildman–Crippen LogP) is 5.75. The number of para-hydroxylation sites is 1. The lowest BCUT2D eigenvalue weighted by atomic mass is 10.0. The molecule has 3 heterocycles. The summed E-state index contributed by atoms with van der Waals surface area (Å²) in [5.41, 5.74) is 7.59. The number of fused-ring (bicyclic) bond motifs is 4. The Bertz CT molecular complexity index is 1520. The van der Waals surface area contributed by atoms with Gasteiger partial charge in [0, 0.05) is 29.1 Å². The summed E-state index contributed by atoms with van der Waals surface area (Å²) in [6, 6.07) is 20.8. The van der Waals surface area contributed by atoms with Gasteiger partial charge >= 0.3 is 0 Å². The largest absolute Gasteiger partial charge is 0.493 e. The van der Waals surface area contributed by atoms with Crippen LogP contribution in [0.2, 0.25) is 0 Å². The number of nitrogens with one attached hydrogen (secondary N) is 1. The molecular weight excluding hydrogens is 483 g/mol. The number of benzene rings is 3. The molecular formula is C27H26Cl2N4O2. The molecule has 5 aromatic rings. The van der Waals surface area contributed by atoms with Crippen molar-refractivity contribution in [3.8, 4) is 28.4 Å². The zero-order valence-corrected chi connectivity index (χ0v) is 21.1. The fraction of sp³-hybridized carbons (Fsp3) is 0.185. The fourth-order valence-corrected chi connectivity index (χ4v) is 4.71. The third kappa shape index (κ3) is 4.18. The summed E-state index contributed by atoms with van der Waals surface area (Å²) in [6.07, 6.45) is 2.98. The van der Waals surface area contributed by atoms with Gasteiger partial charge in [0.1, 0.15) is 5.69 Å². The molecule has 3 aromatic carbocycles. The van der Waals surface area contributed by atoms with E-state index in [1.165, 1.54) is 11.1 Å². The molecule has 0 saturated heterocycles. The second-order valence-electron chi connectivity index (χ2n) is 8.25. The quantitative estimate of drug-likeness (QED) is 0.335. The highest BCUT2D eigenvalue weighted by molar-refractivity contribution is 6.08. The Balaban J connectivity index is 0.00000144. The molecule has 8 heteroatoms. The summed E-state index contributed by atoms with van der Waals surface area (Å²) >= 11 is 0. The van der Waals surface area contributed by atoms with Crippen molar-refractivity contribution in [2.45, 2.75) is 13.0 Å². The molecule has 0 atom stereocenters. The molecule has 0 bridgehead atoms. The van der Waals surface area contributed by atoms with Crippen molar-refractivity contribution in [1.29, 1.82) is 0 Å². The third-order valence-corrected chi connectivity index (χ3v) is 6.39. The van der Waals surface area contributed by atoms with Gasteiger partial charge in [0.05, 0.1) is 30.9 Å². The molecule has 2 aromatic heterocycles. The lowest BCUT2D eigenvalue weighted by molar-refractivity contribution is 0.355. The number of nitrogens with zero attached hydrogens (tertiary/aromatic N) is 3. The predicted molar refractivity (Wildman–Crippen MR) is 145 cm³/mol. The average Bonchev–Trinajstić information content (AvgIpc) is 3.28. The lowest BCUT2D eigenvalue weighted by Gasteiger charge is -2.18. The Morgan fingerprint density at radius 1 is 0.857 bits per heavy atom. The van der Waals surface area contributed by atoms with Crippen molar-refractivity contribution in [2.75, 3.05) is 20.8 Å². The fourth-order valence-electron chi connectivity index (χ4n) is 4.71. The second-order valence-corrected chi connectivity index (χ2v) is 8.25. The van der Waals surface area contributed by atoms with Gasteiger partial charge in [0.25, 0.3) is 0 Å². The summed E-state index contributed by atoms with van der Waals surface area (Å²) in [4.78, 5) is 4.73. The number of ether oxygens (including phenoxy) is 2. The van der Waals surface area contributed by atoms with Gasteiger partial charge < -0.3 is 14.8 Å². The van der Waals surface area contributed by atoms with Gasteiger partial charge in [-0.2, -0.15) is 5.10 Å². The third-order valence-electron chi connectivity index (χ3n) is 6.39. The maximum atomic E-state index is 5.55. The molecule has 6 rings (SSSR count). The molecule has 0 saturated carbocycles. The number of methoxy groups -OCH3 is 2. The summed E-state index contributed by atoms with van der Waals surface area (Å²) in [7, 11) is 3.29. The SMILES string of the molecule is COc1ccc(-c2nn(-c3ccc4c(c3)CNCC4)c3c2cnc2ccccc23)cc1OC.Cl.Cl. The second kappa shape index (κ2) is 10.1. The first-order valence-corrected chi connectivity index (χ1v) is 11.1. The molecule has 1 aliphatic rings. The van der Waals surface area contributed by atoms with Crippen LogP contribution in [-0.4, -0.2) is 35.5 Å². The van der Waals surface area contributed by atoms with E-state index in [0.717, 1.165) is 58.3 Å². The number of hydrogen-bond acceptors (Lipinski definition) is 5. The van der Waals surface area contributed by atoms with Gasteiger partial charge in [-0.1, -0.05) is 24.3 Å². The van der Waals surface area contributed by atoms with E-state index < -0.39 is 0 Å². The van der Waals surface area contributed by atoms with Crippen LogP contribution in [0.1, 0.15) is 11.1 Å². The van der Waals surface area contributed by atoms with E-state index in [2.05, 4.69) is 34.3 Å². The first-order chi connectivity index (χ1) is 16.3. The molecule has 0 unspecified atom stereocenters. The maximum absolute atomic E-state index is 5.55. The van der Waals surface area contributed by atoms with Crippen molar-refractivity contribution in [3.05, 3.63) is 78.0 Å². The Kier molecular flexibility index (Phi) is 7.17. The van der Waals surface area contributed by atoms with E-state index in [1.807, 2.05) is 42.6 Å². The Morgan fingerprint density at radius 3 is 2.51 bits per heavy atom. The van der Waals surface area contributed by atoms with Gasteiger partial charge in [-0.15, -0.1) is 24.8 Å². The van der Waals surface area contributed by atoms with E-state index in [9.17, 15) is 0 Å². The van der Waals surface area contributed by atoms with Gasteiger partial charge in [-0.3, -0.25) is 4.98 Å². The van der Waals surface area contributed by atoms with Crippen LogP contribution in [0, 0.1) is 0 Å². The standard InChI is InChI=1S/C27H24N4O2.2ClH/c1-32-24-10-8-18(14-25(24)33-2)26-22-16-29-23-6-4-3-5-21(23)27(22)31(30-26)20-9-7-17-11-12-28-15-19(17)13-20;;/h3-10,13-14,16,28H,11-12,15H2,1-2H3;2*1H. The molecule has 0 fully saturated rings. The van der Waals surface area contributed by atoms with Gasteiger partial charge in [0.15, 0.2) is 11.5 Å². The number of halogens is 2. The average molecular weight is 509 g/mol. The smallest absolute Gasteiger partial charge is 0.161 e. The van der Waals surface area contributed by atoms with E-state index in [0.29, 0.717) is 11.5 Å². The zero-order valence-electron chi connectivity index (χ0n) is 19.4. The summed E-state index contributed by atoms with van der Waals surface area (Å²) in [6.45, 7) is 1.91. The summed E-state index contributed by atoms with van der Waals surface area (Å²) in [5.74, 6) is 1.36. The van der Waals surface area contributed by atoms with Crippen molar-refractivity contribution in [3.63, 3.8) is 0 Å². The molecule has 0 radical (unpaired) electrons. The number of aromatic nitrogens is 3. The molecule has 1 aliphatic heterocycles. The monoisotopic (exact) mass is 508 g/mol. The summed E-state index contributed by atoms with van der Waals surface area (Å²) in [5, 5.41) is 10.7. The number of pyridine rings is 1. The molecule has 0 aliphatic carbocycles. The first-order valence-electron chi connectivity index (χ1n) is 11.1. The molecule has 6 nitrogen and oxygen atoms in total. The highest BCUT2D eigenvalue weighted by Gasteiger charge is 2.19. The highest BCUT2D eigenvalue weighted by atomic mass is 35.5. The van der Waals surface area contributed by atoms with Crippen LogP contribution in [0.3, 0.4) is 0 Å². The van der Waals surface area contributed by atoms with Crippen molar-refractivity contribution in [1.82, 2.24) is 20.1 Å². The topological polar surface area (TPSA) is 61.2 Å². The van der Waals surface area contributed by atoms with Crippen molar-refractivity contribution >= 4 is 46.6 Å². The molecule has 0 amide bonds. The van der Waals surface area contributed by atoms with Crippen LogP contribution in [0.15, 0.2) is 66.9 Å². The van der Waals surface area contributed by atoms with E-state index in [-0.39, 0.29) is 24.8 Å². The highest BCUT2D eigenvalue weighted by Crippen LogP contribution is 2.37. The van der Waals surface area contributed by atoms with E-state index in [4.69, 9.17) is 19.6 Å². The Hall–Kier alpha value is -3.32. The van der Waals surface area contributed by atoms with Crippen LogP contribution < -0.4 is 14.8 Å². The first kappa shape index (κ1) is 24.8. The minimum atomic E-state index is 0. The molecule has 0 spiro atoms. The Morgan fingerprint density at radius 2 is 1.69 bits per heavy atom. The maximum Gasteiger partial charge on any atom is 0.161 e. The van der Waals surface area contributed by atoms with Crippen molar-refractivity contribution in [2.24, 2.45) is 0 Å². The van der Waals surface area contributed by atoms with Gasteiger partial charge in [0.2, 0.25) is 0 Å². The summed E-state index contributed by atoms with van der Waals surface area (Å²) < 4.78 is 13.0. The van der Waals surface area contributed by atoms with Gasteiger partial charge in [-0.05, 0) is 60.5 Å². The van der Waals surface area contributed by atoms with Crippen LogP contribution in [0.4, 0.5) is 0 Å². The number of hydrogen-bond donors (Lipinski definition) is 1. The molecule has 35 heavy (non-hydrogen) atoms. The molecule has 180 valence electrons.